The molecule has 0 aromatic heterocycles. The molecule has 3 rings (SSSR count). The average molecular weight is 151 g/mol. The van der Waals surface area contributed by atoms with Crippen molar-refractivity contribution >= 4 is 0 Å². The third-order valence-corrected chi connectivity index (χ3v) is 3.45. The molecule has 3 aliphatic heterocycles. The van der Waals surface area contributed by atoms with Crippen LogP contribution in [0.25, 0.3) is 0 Å². The van der Waals surface area contributed by atoms with Crippen molar-refractivity contribution in [3.8, 4) is 6.07 Å². The van der Waals surface area contributed by atoms with Crippen molar-refractivity contribution in [3.63, 3.8) is 0 Å². The number of nitriles is 1. The first-order valence-corrected chi connectivity index (χ1v) is 4.47. The van der Waals surface area contributed by atoms with Crippen LogP contribution in [0, 0.1) is 23.2 Å². The predicted molar refractivity (Wildman–Crippen MR) is 42.6 cm³/mol. The summed E-state index contributed by atoms with van der Waals surface area (Å²) >= 11 is 0. The first-order valence-electron chi connectivity index (χ1n) is 4.47. The fourth-order valence-corrected chi connectivity index (χ4v) is 2.57. The molecule has 0 aliphatic carbocycles. The Morgan fingerprint density at radius 2 is 2.00 bits per heavy atom. The molecule has 1 atom stereocenters. The lowest BCUT2D eigenvalue weighted by molar-refractivity contribution is -0.927. The molecule has 3 saturated heterocycles. The van der Waals surface area contributed by atoms with Crippen LogP contribution in [-0.2, 0) is 0 Å². The van der Waals surface area contributed by atoms with E-state index in [4.69, 9.17) is 5.26 Å². The normalized spacial score (nSPS) is 48.7. The molecule has 3 fully saturated rings. The van der Waals surface area contributed by atoms with Gasteiger partial charge in [0.2, 0.25) is 0 Å². The molecular formula is C9H15N2+. The molecule has 3 aliphatic rings. The maximum Gasteiger partial charge on any atom is 0.0985 e. The zero-order valence-corrected chi connectivity index (χ0v) is 7.08. The smallest absolute Gasteiger partial charge is 0.0985 e. The van der Waals surface area contributed by atoms with E-state index >= 15 is 0 Å². The van der Waals surface area contributed by atoms with Crippen molar-refractivity contribution in [2.75, 3.05) is 26.7 Å². The van der Waals surface area contributed by atoms with Crippen molar-refractivity contribution in [3.05, 3.63) is 0 Å². The lowest BCUT2D eigenvalue weighted by Crippen LogP contribution is -2.58. The molecule has 0 spiro atoms. The molecule has 0 radical (unpaired) electrons. The maximum absolute atomic E-state index is 8.87. The van der Waals surface area contributed by atoms with Gasteiger partial charge in [-0.15, -0.1) is 0 Å². The minimum absolute atomic E-state index is 0.363. The van der Waals surface area contributed by atoms with Gasteiger partial charge in [-0.2, -0.15) is 5.26 Å². The molecule has 3 heterocycles. The minimum atomic E-state index is 0.363. The summed E-state index contributed by atoms with van der Waals surface area (Å²) in [4.78, 5) is 0. The number of fused-ring (bicyclic) bond motifs is 3. The number of piperidine rings is 3. The quantitative estimate of drug-likeness (QED) is 0.474. The summed E-state index contributed by atoms with van der Waals surface area (Å²) in [5.74, 6) is 1.10. The van der Waals surface area contributed by atoms with Crippen molar-refractivity contribution in [1.29, 1.82) is 5.26 Å². The van der Waals surface area contributed by atoms with Crippen LogP contribution in [0.5, 0.6) is 0 Å². The van der Waals surface area contributed by atoms with Crippen LogP contribution >= 0.6 is 0 Å². The Labute approximate surface area is 68.0 Å². The van der Waals surface area contributed by atoms with Crippen LogP contribution in [0.15, 0.2) is 0 Å². The first-order chi connectivity index (χ1) is 5.23. The Balaban J connectivity index is 2.17. The van der Waals surface area contributed by atoms with Gasteiger partial charge >= 0.3 is 0 Å². The van der Waals surface area contributed by atoms with Gasteiger partial charge in [0.1, 0.15) is 0 Å². The van der Waals surface area contributed by atoms with Gasteiger partial charge in [0.05, 0.1) is 38.7 Å². The standard InChI is InChI=1S/C9H15N2/c1-11-4-2-8(3-5-11)9(6-10)7-11/h8-9H,2-5,7H2,1H3/q+1. The van der Waals surface area contributed by atoms with Crippen LogP contribution in [0.4, 0.5) is 0 Å². The van der Waals surface area contributed by atoms with Crippen LogP contribution in [-0.4, -0.2) is 31.2 Å². The van der Waals surface area contributed by atoms with E-state index in [9.17, 15) is 0 Å². The number of hydrogen-bond donors (Lipinski definition) is 0. The van der Waals surface area contributed by atoms with Gasteiger partial charge in [-0.1, -0.05) is 0 Å². The van der Waals surface area contributed by atoms with Gasteiger partial charge in [-0.3, -0.25) is 0 Å². The Morgan fingerprint density at radius 3 is 2.36 bits per heavy atom. The van der Waals surface area contributed by atoms with E-state index in [1.165, 1.54) is 25.9 Å². The molecule has 60 valence electrons. The molecule has 11 heavy (non-hydrogen) atoms. The molecule has 2 nitrogen and oxygen atoms in total. The number of rotatable bonds is 0. The second kappa shape index (κ2) is 2.22. The highest BCUT2D eigenvalue weighted by atomic mass is 15.3. The third kappa shape index (κ3) is 1.04. The fraction of sp³-hybridized carbons (Fsp3) is 0.889. The first kappa shape index (κ1) is 7.12. The molecule has 0 aromatic carbocycles. The SMILES string of the molecule is C[N+]12CCC(CC1)C(C#N)C2. The highest BCUT2D eigenvalue weighted by molar-refractivity contribution is 4.92. The molecular weight excluding hydrogens is 136 g/mol. The van der Waals surface area contributed by atoms with Crippen molar-refractivity contribution < 1.29 is 4.48 Å². The summed E-state index contributed by atoms with van der Waals surface area (Å²) in [5, 5.41) is 8.87. The molecule has 2 heteroatoms. The fourth-order valence-electron chi connectivity index (χ4n) is 2.57. The summed E-state index contributed by atoms with van der Waals surface area (Å²) in [6, 6.07) is 2.44. The molecule has 0 N–H and O–H groups in total. The van der Waals surface area contributed by atoms with Gasteiger partial charge in [0.25, 0.3) is 0 Å². The van der Waals surface area contributed by atoms with Gasteiger partial charge in [-0.25, -0.2) is 0 Å². The Hall–Kier alpha value is -0.550. The second-order valence-electron chi connectivity index (χ2n) is 4.32. The van der Waals surface area contributed by atoms with E-state index in [-0.39, 0.29) is 0 Å². The lowest BCUT2D eigenvalue weighted by Gasteiger charge is -2.48. The predicted octanol–water partition coefficient (Wildman–Crippen LogP) is 0.996. The lowest BCUT2D eigenvalue weighted by atomic mass is 9.78. The molecule has 0 amide bonds. The zero-order chi connectivity index (χ0) is 7.90. The summed E-state index contributed by atoms with van der Waals surface area (Å²) in [5.41, 5.74) is 0. The largest absolute Gasteiger partial charge is 0.325 e. The van der Waals surface area contributed by atoms with Crippen LogP contribution in [0.1, 0.15) is 12.8 Å². The Morgan fingerprint density at radius 1 is 1.36 bits per heavy atom. The topological polar surface area (TPSA) is 23.8 Å². The monoisotopic (exact) mass is 151 g/mol. The van der Waals surface area contributed by atoms with Gasteiger partial charge in [0.15, 0.2) is 0 Å². The van der Waals surface area contributed by atoms with Crippen LogP contribution < -0.4 is 0 Å². The Bertz CT molecular complexity index is 196. The van der Waals surface area contributed by atoms with E-state index in [0.29, 0.717) is 5.92 Å². The third-order valence-electron chi connectivity index (χ3n) is 3.45. The van der Waals surface area contributed by atoms with E-state index in [1.54, 1.807) is 0 Å². The zero-order valence-electron chi connectivity index (χ0n) is 7.08. The van der Waals surface area contributed by atoms with Crippen molar-refractivity contribution in [2.24, 2.45) is 11.8 Å². The van der Waals surface area contributed by atoms with E-state index in [2.05, 4.69) is 13.1 Å². The highest BCUT2D eigenvalue weighted by Gasteiger charge is 2.43. The minimum Gasteiger partial charge on any atom is -0.325 e. The second-order valence-corrected chi connectivity index (χ2v) is 4.32. The average Bonchev–Trinajstić information content (AvgIpc) is 2.04. The van der Waals surface area contributed by atoms with E-state index < -0.39 is 0 Å². The Kier molecular flexibility index (Phi) is 1.43. The van der Waals surface area contributed by atoms with Crippen molar-refractivity contribution in [1.82, 2.24) is 0 Å². The molecule has 2 bridgehead atoms. The van der Waals surface area contributed by atoms with Crippen molar-refractivity contribution in [2.45, 2.75) is 12.8 Å². The molecule has 0 aromatic rings. The van der Waals surface area contributed by atoms with Gasteiger partial charge in [0, 0.05) is 12.8 Å². The molecule has 0 saturated carbocycles. The van der Waals surface area contributed by atoms with Crippen LogP contribution in [0.2, 0.25) is 0 Å². The summed E-state index contributed by atoms with van der Waals surface area (Å²) in [6.07, 6.45) is 2.57. The number of nitrogens with zero attached hydrogens (tertiary/aromatic N) is 2. The summed E-state index contributed by atoms with van der Waals surface area (Å²) in [7, 11) is 2.29. The van der Waals surface area contributed by atoms with E-state index in [1.807, 2.05) is 0 Å². The maximum atomic E-state index is 8.87. The summed E-state index contributed by atoms with van der Waals surface area (Å²) in [6.45, 7) is 3.73. The number of quaternary nitrogens is 1. The van der Waals surface area contributed by atoms with Crippen LogP contribution in [0.3, 0.4) is 0 Å². The van der Waals surface area contributed by atoms with E-state index in [0.717, 1.165) is 16.9 Å². The highest BCUT2D eigenvalue weighted by Crippen LogP contribution is 2.35. The summed E-state index contributed by atoms with van der Waals surface area (Å²) < 4.78 is 1.16. The van der Waals surface area contributed by atoms with Gasteiger partial charge in [-0.05, 0) is 5.92 Å². The number of hydrogen-bond acceptors (Lipinski definition) is 1. The van der Waals surface area contributed by atoms with Gasteiger partial charge < -0.3 is 4.48 Å². The molecule has 1 unspecified atom stereocenters.